The van der Waals surface area contributed by atoms with E-state index in [1.165, 1.54) is 24.5 Å². The Hall–Kier alpha value is -3.44. The molecule has 3 rings (SSSR count). The Balaban J connectivity index is 1.83. The number of carboxylic acid groups (broad SMARTS) is 1. The SMILES string of the molecule is CCOc1cc2ncnc(Nc3ccc(F)c(Cl)c3)c2cc1CC(=O)[C@H](C)NC(=O)CSCC(=O)O. The van der Waals surface area contributed by atoms with E-state index in [4.69, 9.17) is 21.4 Å². The van der Waals surface area contributed by atoms with Gasteiger partial charge in [0.1, 0.15) is 23.7 Å². The van der Waals surface area contributed by atoms with Crippen molar-refractivity contribution >= 4 is 63.4 Å². The number of ether oxygens (including phenoxy) is 1. The average molecular weight is 535 g/mol. The normalized spacial score (nSPS) is 11.7. The summed E-state index contributed by atoms with van der Waals surface area (Å²) in [5.41, 5.74) is 1.66. The second kappa shape index (κ2) is 12.5. The van der Waals surface area contributed by atoms with Crippen LogP contribution in [0.2, 0.25) is 5.02 Å². The van der Waals surface area contributed by atoms with Gasteiger partial charge in [-0.2, -0.15) is 0 Å². The van der Waals surface area contributed by atoms with Crippen LogP contribution in [-0.2, 0) is 20.8 Å². The average Bonchev–Trinajstić information content (AvgIpc) is 2.82. The van der Waals surface area contributed by atoms with Crippen LogP contribution in [0.25, 0.3) is 10.9 Å². The van der Waals surface area contributed by atoms with Crippen LogP contribution in [0.3, 0.4) is 0 Å². The van der Waals surface area contributed by atoms with Crippen molar-refractivity contribution in [3.63, 3.8) is 0 Å². The van der Waals surface area contributed by atoms with Gasteiger partial charge in [0.25, 0.3) is 0 Å². The molecule has 12 heteroatoms. The van der Waals surface area contributed by atoms with Crippen molar-refractivity contribution in [2.24, 2.45) is 0 Å². The van der Waals surface area contributed by atoms with Crippen molar-refractivity contribution in [3.8, 4) is 5.75 Å². The molecule has 0 aliphatic rings. The van der Waals surface area contributed by atoms with E-state index in [0.717, 1.165) is 11.8 Å². The lowest BCUT2D eigenvalue weighted by Gasteiger charge is -2.16. The summed E-state index contributed by atoms with van der Waals surface area (Å²) in [4.78, 5) is 44.1. The monoisotopic (exact) mass is 534 g/mol. The molecule has 36 heavy (non-hydrogen) atoms. The van der Waals surface area contributed by atoms with Gasteiger partial charge in [-0.05, 0) is 38.1 Å². The molecule has 0 aliphatic carbocycles. The number of Topliss-reactive ketones (excluding diaryl/α,β-unsaturated/α-hetero) is 1. The summed E-state index contributed by atoms with van der Waals surface area (Å²) in [6.45, 7) is 3.75. The summed E-state index contributed by atoms with van der Waals surface area (Å²) in [5.74, 6) is -1.61. The van der Waals surface area contributed by atoms with E-state index in [1.807, 2.05) is 6.92 Å². The second-order valence-electron chi connectivity index (χ2n) is 7.71. The van der Waals surface area contributed by atoms with E-state index in [0.29, 0.717) is 40.3 Å². The molecular weight excluding hydrogens is 511 g/mol. The highest BCUT2D eigenvalue weighted by atomic mass is 35.5. The van der Waals surface area contributed by atoms with E-state index in [9.17, 15) is 18.8 Å². The predicted molar refractivity (Wildman–Crippen MR) is 137 cm³/mol. The Bertz CT molecular complexity index is 1290. The molecule has 1 heterocycles. The van der Waals surface area contributed by atoms with E-state index in [2.05, 4.69) is 20.6 Å². The maximum Gasteiger partial charge on any atom is 0.313 e. The Labute approximate surface area is 215 Å². The number of aliphatic carboxylic acids is 1. The molecule has 3 N–H and O–H groups in total. The molecule has 0 unspecified atom stereocenters. The molecule has 1 atom stereocenters. The molecule has 0 bridgehead atoms. The van der Waals surface area contributed by atoms with E-state index in [1.54, 1.807) is 19.1 Å². The smallest absolute Gasteiger partial charge is 0.313 e. The van der Waals surface area contributed by atoms with Gasteiger partial charge in [-0.15, -0.1) is 11.8 Å². The lowest BCUT2D eigenvalue weighted by molar-refractivity contribution is -0.133. The first kappa shape index (κ1) is 27.2. The summed E-state index contributed by atoms with van der Waals surface area (Å²) in [6, 6.07) is 6.84. The van der Waals surface area contributed by atoms with Crippen molar-refractivity contribution < 1.29 is 28.6 Å². The maximum atomic E-state index is 13.5. The Morgan fingerprint density at radius 3 is 2.67 bits per heavy atom. The molecule has 0 saturated carbocycles. The van der Waals surface area contributed by atoms with Crippen LogP contribution in [0.5, 0.6) is 5.75 Å². The number of fused-ring (bicyclic) bond motifs is 1. The highest BCUT2D eigenvalue weighted by Gasteiger charge is 2.20. The summed E-state index contributed by atoms with van der Waals surface area (Å²) in [5, 5.41) is 14.9. The number of anilines is 2. The minimum absolute atomic E-state index is 0.0360. The highest BCUT2D eigenvalue weighted by Crippen LogP contribution is 2.31. The third-order valence-corrected chi connectivity index (χ3v) is 6.19. The number of hydrogen-bond donors (Lipinski definition) is 3. The summed E-state index contributed by atoms with van der Waals surface area (Å²) >= 11 is 6.83. The fraction of sp³-hybridized carbons (Fsp3) is 0.292. The topological polar surface area (TPSA) is 131 Å². The fourth-order valence-electron chi connectivity index (χ4n) is 3.30. The van der Waals surface area contributed by atoms with E-state index >= 15 is 0 Å². The van der Waals surface area contributed by atoms with Crippen molar-refractivity contribution in [1.29, 1.82) is 0 Å². The first-order valence-electron chi connectivity index (χ1n) is 10.9. The number of halogens is 2. The zero-order valence-corrected chi connectivity index (χ0v) is 21.1. The summed E-state index contributed by atoms with van der Waals surface area (Å²) < 4.78 is 19.3. The van der Waals surface area contributed by atoms with E-state index in [-0.39, 0.29) is 28.7 Å². The lowest BCUT2D eigenvalue weighted by atomic mass is 10.0. The van der Waals surface area contributed by atoms with Crippen molar-refractivity contribution in [2.75, 3.05) is 23.4 Å². The minimum atomic E-state index is -1.02. The van der Waals surface area contributed by atoms with Crippen LogP contribution in [0.4, 0.5) is 15.9 Å². The van der Waals surface area contributed by atoms with Crippen LogP contribution in [0, 0.1) is 5.82 Å². The van der Waals surface area contributed by atoms with Crippen LogP contribution in [0.15, 0.2) is 36.7 Å². The zero-order chi connectivity index (χ0) is 26.2. The summed E-state index contributed by atoms with van der Waals surface area (Å²) in [6.07, 6.45) is 1.34. The standard InChI is InChI=1S/C24H24ClFN4O5S/c1-3-35-21-9-19-16(24(28-12-27-19)30-15-4-5-18(26)17(25)8-15)6-14(21)7-20(31)13(2)29-22(32)10-36-11-23(33)34/h4-6,8-9,12-13H,3,7,10-11H2,1-2H3,(H,29,32)(H,33,34)(H,27,28,30)/t13-/m0/s1. The van der Waals surface area contributed by atoms with Gasteiger partial charge in [-0.1, -0.05) is 11.6 Å². The number of benzene rings is 2. The third-order valence-electron chi connectivity index (χ3n) is 4.98. The molecule has 190 valence electrons. The van der Waals surface area contributed by atoms with Crippen molar-refractivity contribution in [1.82, 2.24) is 15.3 Å². The lowest BCUT2D eigenvalue weighted by Crippen LogP contribution is -2.40. The van der Waals surface area contributed by atoms with Gasteiger partial charge < -0.3 is 20.5 Å². The third kappa shape index (κ3) is 7.28. The van der Waals surface area contributed by atoms with Gasteiger partial charge in [0.05, 0.1) is 34.7 Å². The molecule has 0 radical (unpaired) electrons. The molecular formula is C24H24ClFN4O5S. The number of nitrogens with zero attached hydrogens (tertiary/aromatic N) is 2. The Morgan fingerprint density at radius 2 is 1.97 bits per heavy atom. The Morgan fingerprint density at radius 1 is 1.19 bits per heavy atom. The minimum Gasteiger partial charge on any atom is -0.494 e. The largest absolute Gasteiger partial charge is 0.494 e. The molecule has 0 spiro atoms. The van der Waals surface area contributed by atoms with Crippen LogP contribution < -0.4 is 15.4 Å². The van der Waals surface area contributed by atoms with Crippen LogP contribution in [-0.4, -0.2) is 56.9 Å². The number of ketones is 1. The van der Waals surface area contributed by atoms with Gasteiger partial charge in [-0.25, -0.2) is 14.4 Å². The van der Waals surface area contributed by atoms with Crippen molar-refractivity contribution in [3.05, 3.63) is 53.1 Å². The van der Waals surface area contributed by atoms with Gasteiger partial charge in [0.2, 0.25) is 5.91 Å². The molecule has 1 amide bonds. The number of carboxylic acids is 1. The van der Waals surface area contributed by atoms with Gasteiger partial charge in [-0.3, -0.25) is 14.4 Å². The number of hydrogen-bond acceptors (Lipinski definition) is 8. The molecule has 2 aromatic carbocycles. The van der Waals surface area contributed by atoms with Crippen LogP contribution in [0.1, 0.15) is 19.4 Å². The maximum absolute atomic E-state index is 13.5. The molecule has 1 aromatic heterocycles. The number of aromatic nitrogens is 2. The van der Waals surface area contributed by atoms with Gasteiger partial charge >= 0.3 is 5.97 Å². The summed E-state index contributed by atoms with van der Waals surface area (Å²) in [7, 11) is 0. The number of nitrogens with one attached hydrogen (secondary N) is 2. The number of carbonyl (C=O) groups excluding carboxylic acids is 2. The molecule has 3 aromatic rings. The highest BCUT2D eigenvalue weighted by molar-refractivity contribution is 8.00. The first-order chi connectivity index (χ1) is 17.2. The van der Waals surface area contributed by atoms with Gasteiger partial charge in [0, 0.05) is 29.1 Å². The second-order valence-corrected chi connectivity index (χ2v) is 9.10. The zero-order valence-electron chi connectivity index (χ0n) is 19.5. The molecule has 9 nitrogen and oxygen atoms in total. The molecule has 0 aliphatic heterocycles. The Kier molecular flexibility index (Phi) is 9.43. The number of carbonyl (C=O) groups is 3. The quantitative estimate of drug-likeness (QED) is 0.315. The predicted octanol–water partition coefficient (Wildman–Crippen LogP) is 4.00. The number of amides is 1. The molecule has 0 fully saturated rings. The van der Waals surface area contributed by atoms with Gasteiger partial charge in [0.15, 0.2) is 5.78 Å². The van der Waals surface area contributed by atoms with Crippen LogP contribution >= 0.6 is 23.4 Å². The van der Waals surface area contributed by atoms with E-state index < -0.39 is 23.7 Å². The number of rotatable bonds is 12. The van der Waals surface area contributed by atoms with Crippen molar-refractivity contribution in [2.45, 2.75) is 26.3 Å². The number of thioether (sulfide) groups is 1. The fourth-order valence-corrected chi connectivity index (χ4v) is 4.03. The first-order valence-corrected chi connectivity index (χ1v) is 12.4. The molecule has 0 saturated heterocycles.